The highest BCUT2D eigenvalue weighted by atomic mass is 32.1. The summed E-state index contributed by atoms with van der Waals surface area (Å²) in [5.74, 6) is 1.23. The van der Waals surface area contributed by atoms with E-state index in [4.69, 9.17) is 15.7 Å². The summed E-state index contributed by atoms with van der Waals surface area (Å²) in [5.41, 5.74) is 7.25. The molecule has 3 rings (SSSR count). The largest absolute Gasteiger partial charge is 0.488 e. The van der Waals surface area contributed by atoms with Gasteiger partial charge in [-0.2, -0.15) is 9.64 Å². The van der Waals surface area contributed by atoms with E-state index in [1.807, 2.05) is 18.2 Å². The lowest BCUT2D eigenvalue weighted by Crippen LogP contribution is -2.23. The maximum absolute atomic E-state index is 8.99. The van der Waals surface area contributed by atoms with E-state index in [1.54, 1.807) is 0 Å². The topological polar surface area (TPSA) is 84.0 Å². The predicted octanol–water partition coefficient (Wildman–Crippen LogP) is 2.01. The Balaban J connectivity index is 1.65. The molecule has 2 aromatic rings. The fourth-order valence-electron chi connectivity index (χ4n) is 2.11. The molecule has 0 radical (unpaired) electrons. The van der Waals surface area contributed by atoms with Gasteiger partial charge >= 0.3 is 0 Å². The van der Waals surface area contributed by atoms with Crippen molar-refractivity contribution in [3.05, 3.63) is 35.4 Å². The third-order valence-corrected chi connectivity index (χ3v) is 3.85. The summed E-state index contributed by atoms with van der Waals surface area (Å²) in [4.78, 5) is 0. The fourth-order valence-corrected chi connectivity index (χ4v) is 2.78. The van der Waals surface area contributed by atoms with Gasteiger partial charge in [0.1, 0.15) is 28.5 Å². The summed E-state index contributed by atoms with van der Waals surface area (Å²) >= 11 is 1.20. The second-order valence-corrected chi connectivity index (χ2v) is 5.09. The average molecular weight is 272 g/mol. The van der Waals surface area contributed by atoms with Crippen molar-refractivity contribution in [3.8, 4) is 11.8 Å². The number of nitrogens with one attached hydrogen (secondary N) is 1. The SMILES string of the molecule is N#Cc1c(N)nsc1NCC1Cc2ccccc2O1. The molecule has 1 aromatic heterocycles. The second kappa shape index (κ2) is 4.78. The number of hydrogen-bond donors (Lipinski definition) is 2. The van der Waals surface area contributed by atoms with Gasteiger partial charge in [-0.15, -0.1) is 0 Å². The lowest BCUT2D eigenvalue weighted by molar-refractivity contribution is 0.246. The van der Waals surface area contributed by atoms with Crippen LogP contribution >= 0.6 is 11.5 Å². The minimum absolute atomic E-state index is 0.0762. The molecule has 0 bridgehead atoms. The van der Waals surface area contributed by atoms with Crippen molar-refractivity contribution in [2.24, 2.45) is 0 Å². The standard InChI is InChI=1S/C13H12N4OS/c14-6-10-12(15)17-19-13(10)16-7-9-5-8-3-1-2-4-11(8)18-9/h1-4,9,16H,5,7H2,(H2,15,17). The first-order chi connectivity index (χ1) is 9.28. The highest BCUT2D eigenvalue weighted by molar-refractivity contribution is 7.10. The highest BCUT2D eigenvalue weighted by Gasteiger charge is 2.22. The number of nitrogen functional groups attached to an aromatic ring is 1. The third-order valence-electron chi connectivity index (χ3n) is 3.03. The van der Waals surface area contributed by atoms with E-state index >= 15 is 0 Å². The van der Waals surface area contributed by atoms with Gasteiger partial charge in [-0.05, 0) is 23.2 Å². The van der Waals surface area contributed by atoms with Gasteiger partial charge in [0.2, 0.25) is 0 Å². The van der Waals surface area contributed by atoms with E-state index in [0.29, 0.717) is 17.1 Å². The number of hydrogen-bond acceptors (Lipinski definition) is 6. The summed E-state index contributed by atoms with van der Waals surface area (Å²) in [6.07, 6.45) is 0.951. The van der Waals surface area contributed by atoms with E-state index in [1.165, 1.54) is 17.1 Å². The Morgan fingerprint density at radius 1 is 1.53 bits per heavy atom. The molecule has 0 spiro atoms. The van der Waals surface area contributed by atoms with Gasteiger partial charge in [-0.3, -0.25) is 0 Å². The summed E-state index contributed by atoms with van der Waals surface area (Å²) in [6.45, 7) is 0.630. The zero-order chi connectivity index (χ0) is 13.2. The van der Waals surface area contributed by atoms with Crippen molar-refractivity contribution < 1.29 is 4.74 Å². The van der Waals surface area contributed by atoms with Crippen LogP contribution in [0.3, 0.4) is 0 Å². The van der Waals surface area contributed by atoms with Gasteiger partial charge in [0.25, 0.3) is 0 Å². The van der Waals surface area contributed by atoms with Crippen molar-refractivity contribution in [2.75, 3.05) is 17.6 Å². The van der Waals surface area contributed by atoms with E-state index in [-0.39, 0.29) is 11.9 Å². The number of nitrogens with two attached hydrogens (primary N) is 1. The summed E-state index contributed by atoms with van der Waals surface area (Å²) < 4.78 is 9.78. The molecule has 0 saturated heterocycles. The molecule has 6 heteroatoms. The molecule has 0 aliphatic carbocycles. The van der Waals surface area contributed by atoms with Gasteiger partial charge < -0.3 is 15.8 Å². The van der Waals surface area contributed by atoms with Crippen LogP contribution < -0.4 is 15.8 Å². The molecule has 2 heterocycles. The molecular weight excluding hydrogens is 260 g/mol. The number of fused-ring (bicyclic) bond motifs is 1. The maximum atomic E-state index is 8.99. The van der Waals surface area contributed by atoms with Crippen molar-refractivity contribution >= 4 is 22.4 Å². The number of ether oxygens (including phenoxy) is 1. The van der Waals surface area contributed by atoms with Crippen LogP contribution in [0, 0.1) is 11.3 Å². The van der Waals surface area contributed by atoms with Crippen LogP contribution in [0.15, 0.2) is 24.3 Å². The molecule has 0 amide bonds. The van der Waals surface area contributed by atoms with Crippen LogP contribution in [-0.2, 0) is 6.42 Å². The van der Waals surface area contributed by atoms with Crippen molar-refractivity contribution in [1.29, 1.82) is 5.26 Å². The number of aromatic nitrogens is 1. The van der Waals surface area contributed by atoms with Crippen LogP contribution in [0.4, 0.5) is 10.8 Å². The van der Waals surface area contributed by atoms with Crippen molar-refractivity contribution in [3.63, 3.8) is 0 Å². The van der Waals surface area contributed by atoms with Gasteiger partial charge in [0.15, 0.2) is 5.82 Å². The minimum Gasteiger partial charge on any atom is -0.488 e. The minimum atomic E-state index is 0.0762. The van der Waals surface area contributed by atoms with Crippen LogP contribution in [0.25, 0.3) is 0 Å². The van der Waals surface area contributed by atoms with Gasteiger partial charge in [-0.25, -0.2) is 0 Å². The van der Waals surface area contributed by atoms with E-state index in [0.717, 1.165) is 12.2 Å². The predicted molar refractivity (Wildman–Crippen MR) is 74.3 cm³/mol. The number of nitrogens with zero attached hydrogens (tertiary/aromatic N) is 2. The quantitative estimate of drug-likeness (QED) is 0.893. The summed E-state index contributed by atoms with van der Waals surface area (Å²) in [6, 6.07) is 10.1. The highest BCUT2D eigenvalue weighted by Crippen LogP contribution is 2.30. The molecule has 1 aromatic carbocycles. The Bertz CT molecular complexity index is 621. The number of nitriles is 1. The Hall–Kier alpha value is -2.26. The first-order valence-corrected chi connectivity index (χ1v) is 6.69. The Kier molecular flexibility index (Phi) is 2.97. The summed E-state index contributed by atoms with van der Waals surface area (Å²) in [7, 11) is 0. The number of para-hydroxylation sites is 1. The Morgan fingerprint density at radius 3 is 3.16 bits per heavy atom. The number of rotatable bonds is 3. The maximum Gasteiger partial charge on any atom is 0.157 e. The zero-order valence-corrected chi connectivity index (χ0v) is 10.9. The fraction of sp³-hybridized carbons (Fsp3) is 0.231. The zero-order valence-electron chi connectivity index (χ0n) is 10.1. The van der Waals surface area contributed by atoms with Gasteiger partial charge in [0, 0.05) is 6.42 Å². The van der Waals surface area contributed by atoms with Crippen LogP contribution in [0.1, 0.15) is 11.1 Å². The van der Waals surface area contributed by atoms with Crippen molar-refractivity contribution in [1.82, 2.24) is 4.37 Å². The molecule has 0 saturated carbocycles. The van der Waals surface area contributed by atoms with Crippen LogP contribution in [0.2, 0.25) is 0 Å². The van der Waals surface area contributed by atoms with Gasteiger partial charge in [-0.1, -0.05) is 18.2 Å². The molecule has 1 unspecified atom stereocenters. The smallest absolute Gasteiger partial charge is 0.157 e. The van der Waals surface area contributed by atoms with Crippen LogP contribution in [-0.4, -0.2) is 17.0 Å². The summed E-state index contributed by atoms with van der Waals surface area (Å²) in [5, 5.41) is 12.9. The molecule has 1 atom stereocenters. The second-order valence-electron chi connectivity index (χ2n) is 4.32. The molecule has 1 aliphatic heterocycles. The number of anilines is 2. The van der Waals surface area contributed by atoms with Crippen LogP contribution in [0.5, 0.6) is 5.75 Å². The van der Waals surface area contributed by atoms with Crippen molar-refractivity contribution in [2.45, 2.75) is 12.5 Å². The molecule has 96 valence electrons. The third kappa shape index (κ3) is 2.20. The molecule has 5 nitrogen and oxygen atoms in total. The first-order valence-electron chi connectivity index (χ1n) is 5.91. The molecule has 1 aliphatic rings. The molecular formula is C13H12N4OS. The average Bonchev–Trinajstić information content (AvgIpc) is 2.99. The van der Waals surface area contributed by atoms with E-state index in [2.05, 4.69) is 21.8 Å². The molecule has 0 fully saturated rings. The molecule has 19 heavy (non-hydrogen) atoms. The normalized spacial score (nSPS) is 16.5. The lowest BCUT2D eigenvalue weighted by Gasteiger charge is -2.11. The Morgan fingerprint density at radius 2 is 2.37 bits per heavy atom. The lowest BCUT2D eigenvalue weighted by atomic mass is 10.1. The molecule has 3 N–H and O–H groups in total. The Labute approximate surface area is 114 Å². The van der Waals surface area contributed by atoms with Gasteiger partial charge in [0.05, 0.1) is 6.54 Å². The van der Waals surface area contributed by atoms with E-state index in [9.17, 15) is 0 Å². The first kappa shape index (κ1) is 11.8. The number of benzene rings is 1. The monoisotopic (exact) mass is 272 g/mol. The van der Waals surface area contributed by atoms with E-state index < -0.39 is 0 Å².